The normalized spacial score (nSPS) is 17.5. The minimum Gasteiger partial charge on any atom is -0.378 e. The fourth-order valence-corrected chi connectivity index (χ4v) is 3.73. The number of nitro groups is 1. The van der Waals surface area contributed by atoms with Gasteiger partial charge in [-0.3, -0.25) is 19.2 Å². The molecule has 1 saturated heterocycles. The first-order chi connectivity index (χ1) is 11.5. The van der Waals surface area contributed by atoms with Crippen LogP contribution in [0.15, 0.2) is 18.2 Å². The number of nitro benzene ring substituents is 1. The fraction of sp³-hybridized carbons (Fsp3) is 0.600. The number of nitrogens with zero attached hydrogens (tertiary/aromatic N) is 2. The van der Waals surface area contributed by atoms with Crippen molar-refractivity contribution in [3.8, 4) is 0 Å². The Morgan fingerprint density at radius 1 is 1.28 bits per heavy atom. The van der Waals surface area contributed by atoms with Gasteiger partial charge in [-0.15, -0.1) is 0 Å². The van der Waals surface area contributed by atoms with E-state index < -0.39 is 33.2 Å². The van der Waals surface area contributed by atoms with E-state index in [9.17, 15) is 27.5 Å². The van der Waals surface area contributed by atoms with Gasteiger partial charge in [0.25, 0.3) is 5.69 Å². The molecular weight excluding hydrogens is 359 g/mol. The predicted molar refractivity (Wildman–Crippen MR) is 90.1 cm³/mol. The Morgan fingerprint density at radius 3 is 2.40 bits per heavy atom. The molecule has 0 aliphatic carbocycles. The van der Waals surface area contributed by atoms with Gasteiger partial charge in [0.05, 0.1) is 10.5 Å². The summed E-state index contributed by atoms with van der Waals surface area (Å²) in [4.78, 5) is 12.4. The molecule has 25 heavy (non-hydrogen) atoms. The molecule has 0 atom stereocenters. The van der Waals surface area contributed by atoms with Gasteiger partial charge in [0, 0.05) is 53.5 Å². The molecule has 1 aliphatic rings. The van der Waals surface area contributed by atoms with Crippen LogP contribution in [0.25, 0.3) is 0 Å². The van der Waals surface area contributed by atoms with E-state index in [1.165, 1.54) is 0 Å². The van der Waals surface area contributed by atoms with Gasteiger partial charge in [0.15, 0.2) is 0 Å². The van der Waals surface area contributed by atoms with Crippen LogP contribution in [0.1, 0.15) is 19.4 Å². The molecule has 10 heteroatoms. The quantitative estimate of drug-likeness (QED) is 0.629. The van der Waals surface area contributed by atoms with Crippen molar-refractivity contribution in [3.63, 3.8) is 0 Å². The topological polar surface area (TPSA) is 75.5 Å². The molecule has 0 radical (unpaired) electrons. The van der Waals surface area contributed by atoms with Crippen LogP contribution in [0, 0.1) is 10.1 Å². The lowest BCUT2D eigenvalue weighted by atomic mass is 10.0. The van der Waals surface area contributed by atoms with Crippen molar-refractivity contribution >= 4 is 22.2 Å². The van der Waals surface area contributed by atoms with E-state index in [0.717, 1.165) is 12.1 Å². The van der Waals surface area contributed by atoms with Crippen molar-refractivity contribution in [2.45, 2.75) is 25.6 Å². The van der Waals surface area contributed by atoms with Gasteiger partial charge in [-0.2, -0.15) is 13.2 Å². The third kappa shape index (κ3) is 4.91. The Bertz CT molecular complexity index is 670. The van der Waals surface area contributed by atoms with Crippen molar-refractivity contribution in [1.82, 2.24) is 4.90 Å². The summed E-state index contributed by atoms with van der Waals surface area (Å²) in [5.41, 5.74) is -2.00. The van der Waals surface area contributed by atoms with Crippen molar-refractivity contribution in [3.05, 3.63) is 33.9 Å². The molecule has 6 nitrogen and oxygen atoms in total. The van der Waals surface area contributed by atoms with Crippen LogP contribution in [0.3, 0.4) is 0 Å². The van der Waals surface area contributed by atoms with Crippen molar-refractivity contribution in [2.24, 2.45) is 0 Å². The number of rotatable bonds is 5. The summed E-state index contributed by atoms with van der Waals surface area (Å²) in [7, 11) is -0.815. The number of halogens is 3. The third-order valence-electron chi connectivity index (χ3n) is 4.27. The molecule has 1 aliphatic heterocycles. The maximum Gasteiger partial charge on any atom is 0.416 e. The Kier molecular flexibility index (Phi) is 5.72. The molecule has 1 fully saturated rings. The Hall–Kier alpha value is -1.68. The molecule has 1 aromatic carbocycles. The smallest absolute Gasteiger partial charge is 0.378 e. The molecule has 1 N–H and O–H groups in total. The van der Waals surface area contributed by atoms with Gasteiger partial charge < -0.3 is 5.32 Å². The SMILES string of the molecule is CC(C)(CNc1ccc(C(F)(F)F)cc1[N+](=O)[O-])N1CCS(=O)CC1. The largest absolute Gasteiger partial charge is 0.416 e. The van der Waals surface area contributed by atoms with Crippen molar-refractivity contribution in [1.29, 1.82) is 0 Å². The van der Waals surface area contributed by atoms with Crippen LogP contribution in [0.4, 0.5) is 24.5 Å². The van der Waals surface area contributed by atoms with Crippen LogP contribution in [0.5, 0.6) is 0 Å². The minimum atomic E-state index is -4.63. The molecule has 1 aromatic rings. The zero-order valence-electron chi connectivity index (χ0n) is 13.9. The van der Waals surface area contributed by atoms with Gasteiger partial charge in [-0.05, 0) is 26.0 Å². The van der Waals surface area contributed by atoms with Gasteiger partial charge in [0.2, 0.25) is 0 Å². The van der Waals surface area contributed by atoms with E-state index in [1.807, 2.05) is 13.8 Å². The molecule has 1 heterocycles. The lowest BCUT2D eigenvalue weighted by Crippen LogP contribution is -2.53. The zero-order chi connectivity index (χ0) is 18.8. The van der Waals surface area contributed by atoms with E-state index in [-0.39, 0.29) is 11.2 Å². The highest BCUT2D eigenvalue weighted by Gasteiger charge is 2.34. The zero-order valence-corrected chi connectivity index (χ0v) is 14.7. The maximum atomic E-state index is 12.7. The molecule has 0 saturated carbocycles. The highest BCUT2D eigenvalue weighted by Crippen LogP contribution is 2.35. The first-order valence-corrected chi connectivity index (χ1v) is 9.19. The second-order valence-electron chi connectivity index (χ2n) is 6.49. The first-order valence-electron chi connectivity index (χ1n) is 7.70. The van der Waals surface area contributed by atoms with Crippen molar-refractivity contribution in [2.75, 3.05) is 36.5 Å². The average molecular weight is 379 g/mol. The number of hydrogen-bond donors (Lipinski definition) is 1. The molecular formula is C15H20F3N3O3S. The van der Waals surface area contributed by atoms with Crippen LogP contribution in [-0.2, 0) is 17.0 Å². The second kappa shape index (κ2) is 7.28. The molecule has 0 unspecified atom stereocenters. The van der Waals surface area contributed by atoms with Gasteiger partial charge in [-0.1, -0.05) is 0 Å². The fourth-order valence-electron chi connectivity index (χ4n) is 2.68. The Balaban J connectivity index is 2.14. The van der Waals surface area contributed by atoms with E-state index in [2.05, 4.69) is 10.2 Å². The number of alkyl halides is 3. The minimum absolute atomic E-state index is 0.0478. The number of anilines is 1. The number of benzene rings is 1. The van der Waals surface area contributed by atoms with Gasteiger partial charge >= 0.3 is 6.18 Å². The third-order valence-corrected chi connectivity index (χ3v) is 5.54. The van der Waals surface area contributed by atoms with Gasteiger partial charge in [-0.25, -0.2) is 0 Å². The first kappa shape index (κ1) is 19.6. The summed E-state index contributed by atoms with van der Waals surface area (Å²) in [6.45, 7) is 5.48. The van der Waals surface area contributed by atoms with E-state index in [1.54, 1.807) is 0 Å². The molecule has 0 bridgehead atoms. The molecule has 0 amide bonds. The number of hydrogen-bond acceptors (Lipinski definition) is 5. The summed E-state index contributed by atoms with van der Waals surface area (Å²) in [6, 6.07) is 2.45. The standard InChI is InChI=1S/C15H20F3N3O3S/c1-14(2,20-5-7-25(24)8-6-20)10-19-12-4-3-11(15(16,17)18)9-13(12)21(22)23/h3-4,9,19H,5-8,10H2,1-2H3. The average Bonchev–Trinajstić information content (AvgIpc) is 2.52. The highest BCUT2D eigenvalue weighted by atomic mass is 32.2. The van der Waals surface area contributed by atoms with E-state index in [0.29, 0.717) is 37.2 Å². The molecule has 0 aromatic heterocycles. The van der Waals surface area contributed by atoms with Crippen LogP contribution in [0.2, 0.25) is 0 Å². The summed E-state index contributed by atoms with van der Waals surface area (Å²) in [6.07, 6.45) is -4.63. The molecule has 140 valence electrons. The lowest BCUT2D eigenvalue weighted by Gasteiger charge is -2.40. The monoisotopic (exact) mass is 379 g/mol. The van der Waals surface area contributed by atoms with Crippen LogP contribution < -0.4 is 5.32 Å². The molecule has 0 spiro atoms. The van der Waals surface area contributed by atoms with Crippen molar-refractivity contribution < 1.29 is 22.3 Å². The predicted octanol–water partition coefficient (Wildman–Crippen LogP) is 2.87. The molecule has 2 rings (SSSR count). The Morgan fingerprint density at radius 2 is 1.88 bits per heavy atom. The highest BCUT2D eigenvalue weighted by molar-refractivity contribution is 7.85. The maximum absolute atomic E-state index is 12.7. The van der Waals surface area contributed by atoms with Gasteiger partial charge in [0.1, 0.15) is 5.69 Å². The summed E-state index contributed by atoms with van der Waals surface area (Å²) in [5.74, 6) is 1.15. The number of nitrogens with one attached hydrogen (secondary N) is 1. The van der Waals surface area contributed by atoms with E-state index >= 15 is 0 Å². The van der Waals surface area contributed by atoms with Crippen LogP contribution >= 0.6 is 0 Å². The second-order valence-corrected chi connectivity index (χ2v) is 8.18. The Labute approximate surface area is 146 Å². The summed E-state index contributed by atoms with van der Waals surface area (Å²) < 4.78 is 49.7. The van der Waals surface area contributed by atoms with Crippen LogP contribution in [-0.4, -0.2) is 50.7 Å². The lowest BCUT2D eigenvalue weighted by molar-refractivity contribution is -0.384. The summed E-state index contributed by atoms with van der Waals surface area (Å²) in [5, 5.41) is 14.0. The summed E-state index contributed by atoms with van der Waals surface area (Å²) >= 11 is 0. The van der Waals surface area contributed by atoms with E-state index in [4.69, 9.17) is 0 Å².